The maximum Gasteiger partial charge on any atom is 0.245 e. The molecule has 0 spiro atoms. The summed E-state index contributed by atoms with van der Waals surface area (Å²) in [5, 5.41) is 4.19. The highest BCUT2D eigenvalue weighted by Gasteiger charge is 2.08. The summed E-state index contributed by atoms with van der Waals surface area (Å²) in [7, 11) is 3.42. The third-order valence-corrected chi connectivity index (χ3v) is 1.75. The summed E-state index contributed by atoms with van der Waals surface area (Å²) < 4.78 is 6.79. The van der Waals surface area contributed by atoms with Crippen LogP contribution in [0.1, 0.15) is 5.82 Å². The van der Waals surface area contributed by atoms with Gasteiger partial charge in [-0.15, -0.1) is 0 Å². The van der Waals surface area contributed by atoms with Crippen LogP contribution in [0.25, 0.3) is 11.0 Å². The van der Waals surface area contributed by atoms with E-state index in [9.17, 15) is 0 Å². The highest BCUT2D eigenvalue weighted by Crippen LogP contribution is 2.19. The van der Waals surface area contributed by atoms with Gasteiger partial charge in [-0.05, 0) is 6.92 Å². The molecule has 2 aromatic rings. The van der Waals surface area contributed by atoms with Crippen LogP contribution in [-0.2, 0) is 7.05 Å². The van der Waals surface area contributed by atoms with Crippen LogP contribution in [0.3, 0.4) is 0 Å². The second-order valence-corrected chi connectivity index (χ2v) is 2.82. The van der Waals surface area contributed by atoms with Crippen molar-refractivity contribution in [1.82, 2.24) is 19.7 Å². The van der Waals surface area contributed by atoms with Gasteiger partial charge < -0.3 is 4.74 Å². The van der Waals surface area contributed by atoms with E-state index in [2.05, 4.69) is 15.1 Å². The third-order valence-electron chi connectivity index (χ3n) is 1.75. The van der Waals surface area contributed by atoms with Crippen LogP contribution in [0.5, 0.6) is 5.88 Å². The van der Waals surface area contributed by atoms with Gasteiger partial charge in [0.15, 0.2) is 5.52 Å². The number of hydrogen-bond donors (Lipinski definition) is 0. The lowest BCUT2D eigenvalue weighted by molar-refractivity contribution is 0.400. The van der Waals surface area contributed by atoms with Gasteiger partial charge in [-0.1, -0.05) is 0 Å². The summed E-state index contributed by atoms with van der Waals surface area (Å²) in [5.41, 5.74) is 1.52. The monoisotopic (exact) mass is 178 g/mol. The predicted octanol–water partition coefficient (Wildman–Crippen LogP) is 0.680. The van der Waals surface area contributed by atoms with Crippen molar-refractivity contribution in [3.63, 3.8) is 0 Å². The number of hydrogen-bond acceptors (Lipinski definition) is 4. The fourth-order valence-corrected chi connectivity index (χ4v) is 1.25. The molecule has 2 rings (SSSR count). The molecule has 68 valence electrons. The predicted molar refractivity (Wildman–Crippen MR) is 47.6 cm³/mol. The third kappa shape index (κ3) is 1.22. The number of aromatic nitrogens is 4. The van der Waals surface area contributed by atoms with Gasteiger partial charge in [0, 0.05) is 7.05 Å². The smallest absolute Gasteiger partial charge is 0.245 e. The molecule has 0 unspecified atom stereocenters. The van der Waals surface area contributed by atoms with Crippen LogP contribution in [0.2, 0.25) is 0 Å². The van der Waals surface area contributed by atoms with E-state index < -0.39 is 0 Å². The number of nitrogens with zero attached hydrogens (tertiary/aromatic N) is 4. The minimum Gasteiger partial charge on any atom is -0.479 e. The molecule has 0 aliphatic carbocycles. The molecule has 0 bridgehead atoms. The zero-order chi connectivity index (χ0) is 9.42. The Balaban J connectivity index is 2.80. The van der Waals surface area contributed by atoms with E-state index in [0.29, 0.717) is 17.2 Å². The first-order valence-corrected chi connectivity index (χ1v) is 3.92. The summed E-state index contributed by atoms with van der Waals surface area (Å²) >= 11 is 0. The summed E-state index contributed by atoms with van der Waals surface area (Å²) in [6, 6.07) is 0. The van der Waals surface area contributed by atoms with Crippen molar-refractivity contribution in [1.29, 1.82) is 0 Å². The molecule has 0 fully saturated rings. The Hall–Kier alpha value is -1.65. The van der Waals surface area contributed by atoms with Crippen LogP contribution in [0.4, 0.5) is 0 Å². The van der Waals surface area contributed by atoms with Crippen molar-refractivity contribution in [2.45, 2.75) is 6.92 Å². The molecule has 0 radical (unpaired) electrons. The second kappa shape index (κ2) is 2.69. The molecule has 5 heteroatoms. The lowest BCUT2D eigenvalue weighted by Crippen LogP contribution is -1.94. The first-order chi connectivity index (χ1) is 6.20. The molecule has 0 atom stereocenters. The lowest BCUT2D eigenvalue weighted by atomic mass is 10.4. The second-order valence-electron chi connectivity index (χ2n) is 2.82. The molecule has 0 saturated heterocycles. The van der Waals surface area contributed by atoms with Gasteiger partial charge in [0.25, 0.3) is 0 Å². The quantitative estimate of drug-likeness (QED) is 0.644. The van der Waals surface area contributed by atoms with Crippen LogP contribution >= 0.6 is 0 Å². The average molecular weight is 178 g/mol. The van der Waals surface area contributed by atoms with E-state index >= 15 is 0 Å². The van der Waals surface area contributed by atoms with Gasteiger partial charge in [-0.25, -0.2) is 4.98 Å². The number of methoxy groups -OCH3 is 1. The van der Waals surface area contributed by atoms with Crippen molar-refractivity contribution in [3.8, 4) is 5.88 Å². The van der Waals surface area contributed by atoms with E-state index in [1.54, 1.807) is 11.8 Å². The SMILES string of the molecule is COc1nc(C)nc2cn(C)nc12. The van der Waals surface area contributed by atoms with Gasteiger partial charge in [-0.2, -0.15) is 10.1 Å². The molecule has 0 amide bonds. The summed E-state index contributed by atoms with van der Waals surface area (Å²) in [5.74, 6) is 1.22. The molecule has 0 aliphatic heterocycles. The average Bonchev–Trinajstić information content (AvgIpc) is 2.43. The number of rotatable bonds is 1. The highest BCUT2D eigenvalue weighted by atomic mass is 16.5. The maximum atomic E-state index is 5.09. The lowest BCUT2D eigenvalue weighted by Gasteiger charge is -1.98. The minimum atomic E-state index is 0.531. The molecule has 2 aromatic heterocycles. The molecule has 0 aliphatic rings. The van der Waals surface area contributed by atoms with Crippen molar-refractivity contribution in [3.05, 3.63) is 12.0 Å². The number of ether oxygens (including phenoxy) is 1. The summed E-state index contributed by atoms with van der Waals surface area (Å²) in [4.78, 5) is 8.35. The highest BCUT2D eigenvalue weighted by molar-refractivity contribution is 5.78. The van der Waals surface area contributed by atoms with Crippen LogP contribution < -0.4 is 4.74 Å². The zero-order valence-corrected chi connectivity index (χ0v) is 7.77. The van der Waals surface area contributed by atoms with Gasteiger partial charge >= 0.3 is 0 Å². The van der Waals surface area contributed by atoms with E-state index in [-0.39, 0.29) is 0 Å². The normalized spacial score (nSPS) is 10.7. The Morgan fingerprint density at radius 2 is 2.15 bits per heavy atom. The Morgan fingerprint density at radius 3 is 2.85 bits per heavy atom. The summed E-state index contributed by atoms with van der Waals surface area (Å²) in [6.07, 6.45) is 1.84. The first kappa shape index (κ1) is 7.97. The van der Waals surface area contributed by atoms with Gasteiger partial charge in [-0.3, -0.25) is 4.68 Å². The topological polar surface area (TPSA) is 52.8 Å². The van der Waals surface area contributed by atoms with E-state index in [0.717, 1.165) is 5.52 Å². The van der Waals surface area contributed by atoms with Crippen molar-refractivity contribution >= 4 is 11.0 Å². The Bertz CT molecular complexity index is 449. The Labute approximate surface area is 75.4 Å². The van der Waals surface area contributed by atoms with E-state index in [1.807, 2.05) is 20.2 Å². The first-order valence-electron chi connectivity index (χ1n) is 3.92. The largest absolute Gasteiger partial charge is 0.479 e. The van der Waals surface area contributed by atoms with Crippen molar-refractivity contribution < 1.29 is 4.74 Å². The van der Waals surface area contributed by atoms with Crippen LogP contribution in [-0.4, -0.2) is 26.9 Å². The van der Waals surface area contributed by atoms with E-state index in [4.69, 9.17) is 4.74 Å². The number of aryl methyl sites for hydroxylation is 2. The molecule has 5 nitrogen and oxygen atoms in total. The molecular formula is C8H10N4O. The molecule has 0 N–H and O–H groups in total. The van der Waals surface area contributed by atoms with Gasteiger partial charge in [0.2, 0.25) is 5.88 Å². The molecule has 0 saturated carbocycles. The van der Waals surface area contributed by atoms with E-state index in [1.165, 1.54) is 0 Å². The van der Waals surface area contributed by atoms with Crippen LogP contribution in [0, 0.1) is 6.92 Å². The fourth-order valence-electron chi connectivity index (χ4n) is 1.25. The number of fused-ring (bicyclic) bond motifs is 1. The minimum absolute atomic E-state index is 0.531. The van der Waals surface area contributed by atoms with Crippen LogP contribution in [0.15, 0.2) is 6.20 Å². The summed E-state index contributed by atoms with van der Waals surface area (Å²) in [6.45, 7) is 1.83. The van der Waals surface area contributed by atoms with Crippen molar-refractivity contribution in [2.75, 3.05) is 7.11 Å². The standard InChI is InChI=1S/C8H10N4O/c1-5-9-6-4-12(2)11-7(6)8(10-5)13-3/h4H,1-3H3. The van der Waals surface area contributed by atoms with Crippen molar-refractivity contribution in [2.24, 2.45) is 7.05 Å². The molecular weight excluding hydrogens is 168 g/mol. The van der Waals surface area contributed by atoms with Gasteiger partial charge in [0.1, 0.15) is 11.3 Å². The molecule has 2 heterocycles. The van der Waals surface area contributed by atoms with Gasteiger partial charge in [0.05, 0.1) is 13.3 Å². The molecule has 0 aromatic carbocycles. The maximum absolute atomic E-state index is 5.09. The Morgan fingerprint density at radius 1 is 1.38 bits per heavy atom. The molecule has 13 heavy (non-hydrogen) atoms. The zero-order valence-electron chi connectivity index (χ0n) is 7.77. The fraction of sp³-hybridized carbons (Fsp3) is 0.375. The Kier molecular flexibility index (Phi) is 1.65.